The van der Waals surface area contributed by atoms with Crippen LogP contribution in [-0.4, -0.2) is 14.7 Å². The van der Waals surface area contributed by atoms with Crippen LogP contribution < -0.4 is 0 Å². The largest absolute Gasteiger partial charge is 0.383 e. The predicted molar refractivity (Wildman–Crippen MR) is 74.2 cm³/mol. The standard InChI is InChI=1S/C13H15ClN2OS/c1-7(2)11-13(18-16-15-11)12(17)9-5-4-8(3)10(14)6-9/h4-7,12,17H,1-3H3. The monoisotopic (exact) mass is 282 g/mol. The van der Waals surface area contributed by atoms with Crippen molar-refractivity contribution in [3.63, 3.8) is 0 Å². The topological polar surface area (TPSA) is 46.0 Å². The summed E-state index contributed by atoms with van der Waals surface area (Å²) in [6.07, 6.45) is -0.708. The van der Waals surface area contributed by atoms with Gasteiger partial charge in [-0.15, -0.1) is 5.10 Å². The molecule has 1 N–H and O–H groups in total. The van der Waals surface area contributed by atoms with Gasteiger partial charge in [0.05, 0.1) is 10.6 Å². The molecule has 0 fully saturated rings. The van der Waals surface area contributed by atoms with E-state index in [9.17, 15) is 5.11 Å². The summed E-state index contributed by atoms with van der Waals surface area (Å²) in [7, 11) is 0. The van der Waals surface area contributed by atoms with Crippen LogP contribution in [0.3, 0.4) is 0 Å². The maximum absolute atomic E-state index is 10.4. The van der Waals surface area contributed by atoms with Crippen molar-refractivity contribution in [3.05, 3.63) is 44.9 Å². The highest BCUT2D eigenvalue weighted by atomic mass is 35.5. The summed E-state index contributed by atoms with van der Waals surface area (Å²) in [4.78, 5) is 0.796. The van der Waals surface area contributed by atoms with E-state index in [1.54, 1.807) is 6.07 Å². The van der Waals surface area contributed by atoms with E-state index < -0.39 is 6.10 Å². The minimum Gasteiger partial charge on any atom is -0.383 e. The smallest absolute Gasteiger partial charge is 0.117 e. The van der Waals surface area contributed by atoms with Gasteiger partial charge in [0.15, 0.2) is 0 Å². The number of aliphatic hydroxyl groups excluding tert-OH is 1. The Morgan fingerprint density at radius 3 is 2.67 bits per heavy atom. The van der Waals surface area contributed by atoms with Crippen molar-refractivity contribution in [2.24, 2.45) is 0 Å². The zero-order valence-corrected chi connectivity index (χ0v) is 12.1. The maximum atomic E-state index is 10.4. The van der Waals surface area contributed by atoms with Crippen LogP contribution in [0.4, 0.5) is 0 Å². The van der Waals surface area contributed by atoms with Crippen molar-refractivity contribution in [3.8, 4) is 0 Å². The summed E-state index contributed by atoms with van der Waals surface area (Å²) in [5.41, 5.74) is 2.63. The molecule has 0 bridgehead atoms. The number of benzene rings is 1. The molecular formula is C13H15ClN2OS. The second-order valence-corrected chi connectivity index (χ2v) is 5.78. The van der Waals surface area contributed by atoms with Crippen LogP contribution in [0.2, 0.25) is 5.02 Å². The zero-order chi connectivity index (χ0) is 13.3. The van der Waals surface area contributed by atoms with Crippen molar-refractivity contribution >= 4 is 23.1 Å². The van der Waals surface area contributed by atoms with E-state index in [2.05, 4.69) is 9.59 Å². The van der Waals surface area contributed by atoms with Gasteiger partial charge in [-0.3, -0.25) is 0 Å². The highest BCUT2D eigenvalue weighted by molar-refractivity contribution is 7.05. The molecule has 18 heavy (non-hydrogen) atoms. The molecule has 1 heterocycles. The van der Waals surface area contributed by atoms with Crippen LogP contribution in [0.5, 0.6) is 0 Å². The lowest BCUT2D eigenvalue weighted by molar-refractivity contribution is 0.222. The van der Waals surface area contributed by atoms with Crippen LogP contribution in [0.1, 0.15) is 47.6 Å². The van der Waals surface area contributed by atoms with Crippen LogP contribution in [-0.2, 0) is 0 Å². The lowest BCUT2D eigenvalue weighted by Crippen LogP contribution is -2.02. The molecule has 0 radical (unpaired) electrons. The van der Waals surface area contributed by atoms with Crippen molar-refractivity contribution in [1.82, 2.24) is 9.59 Å². The molecule has 1 atom stereocenters. The highest BCUT2D eigenvalue weighted by Gasteiger charge is 2.21. The lowest BCUT2D eigenvalue weighted by atomic mass is 10.0. The number of rotatable bonds is 3. The van der Waals surface area contributed by atoms with Crippen molar-refractivity contribution in [2.45, 2.75) is 32.8 Å². The molecule has 1 aromatic carbocycles. The molecular weight excluding hydrogens is 268 g/mol. The maximum Gasteiger partial charge on any atom is 0.117 e. The first-order valence-corrected chi connectivity index (χ1v) is 6.92. The van der Waals surface area contributed by atoms with E-state index in [1.807, 2.05) is 32.9 Å². The number of nitrogens with zero attached hydrogens (tertiary/aromatic N) is 2. The zero-order valence-electron chi connectivity index (χ0n) is 10.5. The van der Waals surface area contributed by atoms with E-state index in [4.69, 9.17) is 11.6 Å². The fourth-order valence-electron chi connectivity index (χ4n) is 1.72. The lowest BCUT2D eigenvalue weighted by Gasteiger charge is -2.12. The fourth-order valence-corrected chi connectivity index (χ4v) is 2.74. The summed E-state index contributed by atoms with van der Waals surface area (Å²) in [6.45, 7) is 6.01. The molecule has 0 spiro atoms. The number of hydrogen-bond donors (Lipinski definition) is 1. The number of aromatic nitrogens is 2. The minimum atomic E-state index is -0.708. The first-order valence-electron chi connectivity index (χ1n) is 5.77. The molecule has 2 aromatic rings. The second kappa shape index (κ2) is 5.34. The first-order chi connectivity index (χ1) is 8.50. The molecule has 0 saturated carbocycles. The fraction of sp³-hybridized carbons (Fsp3) is 0.385. The Labute approximate surface area is 116 Å². The minimum absolute atomic E-state index is 0.245. The SMILES string of the molecule is Cc1ccc(C(O)c2snnc2C(C)C)cc1Cl. The molecule has 1 unspecified atom stereocenters. The molecule has 2 rings (SSSR count). The van der Waals surface area contributed by atoms with Gasteiger partial charge in [-0.25, -0.2) is 0 Å². The van der Waals surface area contributed by atoms with Crippen LogP contribution >= 0.6 is 23.1 Å². The van der Waals surface area contributed by atoms with Gasteiger partial charge in [-0.2, -0.15) is 0 Å². The van der Waals surface area contributed by atoms with Crippen molar-refractivity contribution in [1.29, 1.82) is 0 Å². The number of hydrogen-bond acceptors (Lipinski definition) is 4. The Bertz CT molecular complexity index is 554. The Kier molecular flexibility index (Phi) is 4.00. The van der Waals surface area contributed by atoms with E-state index in [1.165, 1.54) is 11.5 Å². The first kappa shape index (κ1) is 13.5. The Hall–Kier alpha value is -0.970. The number of aryl methyl sites for hydroxylation is 1. The molecule has 3 nitrogen and oxygen atoms in total. The van der Waals surface area contributed by atoms with E-state index in [-0.39, 0.29) is 5.92 Å². The Balaban J connectivity index is 2.38. The van der Waals surface area contributed by atoms with Gasteiger partial charge >= 0.3 is 0 Å². The van der Waals surface area contributed by atoms with Crippen LogP contribution in [0.15, 0.2) is 18.2 Å². The van der Waals surface area contributed by atoms with Gasteiger partial charge in [0.25, 0.3) is 0 Å². The van der Waals surface area contributed by atoms with Gasteiger partial charge in [0, 0.05) is 5.02 Å². The Morgan fingerprint density at radius 2 is 2.06 bits per heavy atom. The van der Waals surface area contributed by atoms with Crippen LogP contribution in [0, 0.1) is 6.92 Å². The molecule has 0 aliphatic carbocycles. The summed E-state index contributed by atoms with van der Waals surface area (Å²) >= 11 is 7.32. The molecule has 0 saturated heterocycles. The van der Waals surface area contributed by atoms with Crippen molar-refractivity contribution in [2.75, 3.05) is 0 Å². The number of halogens is 1. The average molecular weight is 283 g/mol. The molecule has 0 amide bonds. The summed E-state index contributed by atoms with van der Waals surface area (Å²) < 4.78 is 3.93. The molecule has 0 aliphatic rings. The van der Waals surface area contributed by atoms with Crippen molar-refractivity contribution < 1.29 is 5.11 Å². The summed E-state index contributed by atoms with van der Waals surface area (Å²) in [6, 6.07) is 5.59. The summed E-state index contributed by atoms with van der Waals surface area (Å²) in [5, 5.41) is 15.1. The van der Waals surface area contributed by atoms with Gasteiger partial charge in [-0.05, 0) is 41.6 Å². The third kappa shape index (κ3) is 2.55. The third-order valence-corrected chi connectivity index (χ3v) is 4.05. The second-order valence-electron chi connectivity index (χ2n) is 4.59. The number of aliphatic hydroxyl groups is 1. The van der Waals surface area contributed by atoms with Gasteiger partial charge in [0.2, 0.25) is 0 Å². The summed E-state index contributed by atoms with van der Waals surface area (Å²) in [5.74, 6) is 0.245. The van der Waals surface area contributed by atoms with E-state index >= 15 is 0 Å². The van der Waals surface area contributed by atoms with Gasteiger partial charge in [0.1, 0.15) is 6.10 Å². The van der Waals surface area contributed by atoms with Gasteiger partial charge < -0.3 is 5.11 Å². The predicted octanol–water partition coefficient (Wildman–Crippen LogP) is 3.71. The van der Waals surface area contributed by atoms with E-state index in [0.717, 1.165) is 21.7 Å². The quantitative estimate of drug-likeness (QED) is 0.933. The third-order valence-electron chi connectivity index (χ3n) is 2.85. The highest BCUT2D eigenvalue weighted by Crippen LogP contribution is 2.32. The van der Waals surface area contributed by atoms with Crippen LogP contribution in [0.25, 0.3) is 0 Å². The molecule has 0 aliphatic heterocycles. The Morgan fingerprint density at radius 1 is 1.33 bits per heavy atom. The normalized spacial score (nSPS) is 13.0. The average Bonchev–Trinajstić information content (AvgIpc) is 2.81. The van der Waals surface area contributed by atoms with Gasteiger partial charge in [-0.1, -0.05) is 42.1 Å². The van der Waals surface area contributed by atoms with E-state index in [0.29, 0.717) is 5.02 Å². The molecule has 1 aromatic heterocycles. The molecule has 5 heteroatoms. The molecule has 96 valence electrons.